The average molecular weight is 473 g/mol. The minimum atomic E-state index is -4.17. The summed E-state index contributed by atoms with van der Waals surface area (Å²) >= 11 is 5.93. The lowest BCUT2D eigenvalue weighted by Gasteiger charge is -2.19. The van der Waals surface area contributed by atoms with Crippen LogP contribution in [0.5, 0.6) is 5.75 Å². The molecule has 1 amide bonds. The molecule has 162 valence electrons. The van der Waals surface area contributed by atoms with Crippen LogP contribution in [-0.2, 0) is 24.8 Å². The summed E-state index contributed by atoms with van der Waals surface area (Å²) < 4.78 is 59.7. The number of hydrogen-bond acceptors (Lipinski definition) is 6. The summed E-state index contributed by atoms with van der Waals surface area (Å²) in [5.74, 6) is -1.61. The van der Waals surface area contributed by atoms with Gasteiger partial charge in [-0.2, -0.15) is 0 Å². The van der Waals surface area contributed by atoms with Crippen molar-refractivity contribution in [2.75, 3.05) is 21.4 Å². The van der Waals surface area contributed by atoms with Gasteiger partial charge in [0, 0.05) is 5.02 Å². The van der Waals surface area contributed by atoms with Crippen LogP contribution < -0.4 is 13.8 Å². The van der Waals surface area contributed by atoms with Crippen molar-refractivity contribution in [3.63, 3.8) is 0 Å². The van der Waals surface area contributed by atoms with E-state index in [1.807, 2.05) is 0 Å². The van der Waals surface area contributed by atoms with Crippen molar-refractivity contribution in [2.45, 2.75) is 25.7 Å². The van der Waals surface area contributed by atoms with Crippen LogP contribution in [0.15, 0.2) is 41.3 Å². The molecule has 0 spiro atoms. The van der Waals surface area contributed by atoms with Crippen molar-refractivity contribution in [3.8, 4) is 5.75 Å². The fourth-order valence-corrected chi connectivity index (χ4v) is 6.47. The van der Waals surface area contributed by atoms with E-state index in [9.17, 15) is 21.6 Å². The van der Waals surface area contributed by atoms with Gasteiger partial charge in [-0.3, -0.25) is 9.52 Å². The van der Waals surface area contributed by atoms with Crippen LogP contribution in [0.1, 0.15) is 19.4 Å². The number of aryl methyl sites for hydroxylation is 1. The smallest absolute Gasteiger partial charge is 0.265 e. The standard InChI is InChI=1S/C19H21ClN2O6S2/c1-4-28-17-8-6-15(22-19(23)13(3)11-29(22,24)25)10-18(17)30(26,27)21-16-7-5-14(20)9-12(16)2/h5-10,13,21H,4,11H2,1-3H3. The zero-order chi connectivity index (χ0) is 22.3. The van der Waals surface area contributed by atoms with E-state index in [2.05, 4.69) is 4.72 Å². The summed E-state index contributed by atoms with van der Waals surface area (Å²) in [7, 11) is -8.06. The van der Waals surface area contributed by atoms with E-state index in [0.29, 0.717) is 20.6 Å². The number of ether oxygens (including phenoxy) is 1. The first-order chi connectivity index (χ1) is 14.0. The van der Waals surface area contributed by atoms with Gasteiger partial charge in [-0.1, -0.05) is 18.5 Å². The molecular formula is C19H21ClN2O6S2. The number of rotatable bonds is 6. The Bertz CT molecular complexity index is 1210. The third-order valence-corrected chi connectivity index (χ3v) is 8.03. The Morgan fingerprint density at radius 2 is 1.93 bits per heavy atom. The van der Waals surface area contributed by atoms with Gasteiger partial charge in [-0.05, 0) is 55.8 Å². The second-order valence-electron chi connectivity index (χ2n) is 6.91. The number of anilines is 2. The second kappa shape index (κ2) is 8.09. The molecule has 11 heteroatoms. The van der Waals surface area contributed by atoms with Crippen LogP contribution in [0.25, 0.3) is 0 Å². The van der Waals surface area contributed by atoms with E-state index in [1.54, 1.807) is 26.0 Å². The Morgan fingerprint density at radius 3 is 2.50 bits per heavy atom. The number of carbonyl (C=O) groups excluding carboxylic acids is 1. The molecule has 8 nitrogen and oxygen atoms in total. The van der Waals surface area contributed by atoms with Gasteiger partial charge >= 0.3 is 0 Å². The third-order valence-electron chi connectivity index (χ3n) is 4.54. The molecule has 0 radical (unpaired) electrons. The molecule has 1 aliphatic heterocycles. The monoisotopic (exact) mass is 472 g/mol. The number of hydrogen-bond donors (Lipinski definition) is 1. The van der Waals surface area contributed by atoms with E-state index in [-0.39, 0.29) is 28.7 Å². The Morgan fingerprint density at radius 1 is 1.23 bits per heavy atom. The second-order valence-corrected chi connectivity index (χ2v) is 10.9. The molecule has 0 bridgehead atoms. The lowest BCUT2D eigenvalue weighted by Crippen LogP contribution is -2.30. The van der Waals surface area contributed by atoms with Crippen molar-refractivity contribution in [3.05, 3.63) is 47.0 Å². The fraction of sp³-hybridized carbons (Fsp3) is 0.316. The zero-order valence-electron chi connectivity index (χ0n) is 16.5. The highest BCUT2D eigenvalue weighted by molar-refractivity contribution is 7.94. The molecule has 1 saturated heterocycles. The molecule has 2 aromatic rings. The first-order valence-electron chi connectivity index (χ1n) is 9.09. The highest BCUT2D eigenvalue weighted by Gasteiger charge is 2.42. The summed E-state index contributed by atoms with van der Waals surface area (Å²) in [5.41, 5.74) is 0.859. The van der Waals surface area contributed by atoms with E-state index in [0.717, 1.165) is 6.07 Å². The maximum Gasteiger partial charge on any atom is 0.265 e. The normalized spacial score (nSPS) is 18.5. The van der Waals surface area contributed by atoms with E-state index in [4.69, 9.17) is 16.3 Å². The molecule has 0 aromatic heterocycles. The van der Waals surface area contributed by atoms with Gasteiger partial charge in [0.15, 0.2) is 0 Å². The summed E-state index contributed by atoms with van der Waals surface area (Å²) in [6.45, 7) is 5.09. The molecule has 1 fully saturated rings. The number of carbonyl (C=O) groups is 1. The van der Waals surface area contributed by atoms with Crippen LogP contribution in [-0.4, -0.2) is 35.1 Å². The Balaban J connectivity index is 2.10. The molecule has 1 heterocycles. The van der Waals surface area contributed by atoms with Gasteiger partial charge in [0.25, 0.3) is 10.0 Å². The van der Waals surface area contributed by atoms with Gasteiger partial charge in [0.2, 0.25) is 15.9 Å². The minimum absolute atomic E-state index is 0.0393. The molecule has 1 aliphatic rings. The Hall–Kier alpha value is -2.30. The molecule has 1 unspecified atom stereocenters. The van der Waals surface area contributed by atoms with Gasteiger partial charge in [0.05, 0.1) is 29.7 Å². The van der Waals surface area contributed by atoms with Crippen LogP contribution in [0, 0.1) is 12.8 Å². The minimum Gasteiger partial charge on any atom is -0.492 e. The van der Waals surface area contributed by atoms with Crippen molar-refractivity contribution in [1.29, 1.82) is 0 Å². The van der Waals surface area contributed by atoms with Crippen LogP contribution in [0.4, 0.5) is 11.4 Å². The van der Waals surface area contributed by atoms with Crippen LogP contribution in [0.2, 0.25) is 5.02 Å². The largest absolute Gasteiger partial charge is 0.492 e. The number of nitrogens with one attached hydrogen (secondary N) is 1. The van der Waals surface area contributed by atoms with Crippen molar-refractivity contribution in [1.82, 2.24) is 0 Å². The number of nitrogens with zero attached hydrogens (tertiary/aromatic N) is 1. The van der Waals surface area contributed by atoms with Crippen molar-refractivity contribution >= 4 is 48.9 Å². The Labute approximate surface area is 180 Å². The maximum absolute atomic E-state index is 13.1. The first-order valence-corrected chi connectivity index (χ1v) is 12.6. The molecule has 1 atom stereocenters. The van der Waals surface area contributed by atoms with Crippen LogP contribution in [0.3, 0.4) is 0 Å². The fourth-order valence-electron chi connectivity index (χ4n) is 3.14. The number of amides is 1. The number of halogens is 1. The predicted octanol–water partition coefficient (Wildman–Crippen LogP) is 3.16. The molecule has 3 rings (SSSR count). The van der Waals surface area contributed by atoms with Gasteiger partial charge in [-0.15, -0.1) is 0 Å². The first kappa shape index (κ1) is 22.4. The van der Waals surface area contributed by atoms with E-state index < -0.39 is 31.9 Å². The number of sulfonamides is 2. The van der Waals surface area contributed by atoms with Gasteiger partial charge in [-0.25, -0.2) is 21.1 Å². The average Bonchev–Trinajstić information content (AvgIpc) is 2.85. The summed E-state index contributed by atoms with van der Waals surface area (Å²) in [6.07, 6.45) is 0. The molecular weight excluding hydrogens is 452 g/mol. The molecule has 0 aliphatic carbocycles. The van der Waals surface area contributed by atoms with Crippen LogP contribution >= 0.6 is 11.6 Å². The summed E-state index contributed by atoms with van der Waals surface area (Å²) in [4.78, 5) is 12.1. The van der Waals surface area contributed by atoms with Crippen molar-refractivity contribution < 1.29 is 26.4 Å². The lowest BCUT2D eigenvalue weighted by atomic mass is 10.2. The molecule has 1 N–H and O–H groups in total. The van der Waals surface area contributed by atoms with Gasteiger partial charge in [0.1, 0.15) is 10.6 Å². The van der Waals surface area contributed by atoms with E-state index >= 15 is 0 Å². The summed E-state index contributed by atoms with van der Waals surface area (Å²) in [5, 5.41) is 0.458. The molecule has 2 aromatic carbocycles. The SMILES string of the molecule is CCOc1ccc(N2C(=O)C(C)CS2(=O)=O)cc1S(=O)(=O)Nc1ccc(Cl)cc1C. The zero-order valence-corrected chi connectivity index (χ0v) is 18.9. The van der Waals surface area contributed by atoms with Crippen molar-refractivity contribution in [2.24, 2.45) is 5.92 Å². The molecule has 0 saturated carbocycles. The van der Waals surface area contributed by atoms with E-state index in [1.165, 1.54) is 25.1 Å². The topological polar surface area (TPSA) is 110 Å². The summed E-state index contributed by atoms with van der Waals surface area (Å²) in [6, 6.07) is 8.50. The maximum atomic E-state index is 13.1. The third kappa shape index (κ3) is 4.26. The highest BCUT2D eigenvalue weighted by Crippen LogP contribution is 2.35. The Kier molecular flexibility index (Phi) is 6.03. The molecule has 30 heavy (non-hydrogen) atoms. The quantitative estimate of drug-likeness (QED) is 0.691. The highest BCUT2D eigenvalue weighted by atomic mass is 35.5. The number of benzene rings is 2. The lowest BCUT2D eigenvalue weighted by molar-refractivity contribution is -0.119. The van der Waals surface area contributed by atoms with Gasteiger partial charge < -0.3 is 4.74 Å². The predicted molar refractivity (Wildman–Crippen MR) is 115 cm³/mol.